The molecule has 0 atom stereocenters. The predicted molar refractivity (Wildman–Crippen MR) is 63.3 cm³/mol. The van der Waals surface area contributed by atoms with Crippen molar-refractivity contribution >= 4 is 11.6 Å². The Bertz CT molecular complexity index is 399. The zero-order valence-corrected chi connectivity index (χ0v) is 10.7. The van der Waals surface area contributed by atoms with Crippen LogP contribution in [0.4, 0.5) is 13.2 Å². The first-order chi connectivity index (χ1) is 7.64. The highest BCUT2D eigenvalue weighted by molar-refractivity contribution is 6.30. The van der Waals surface area contributed by atoms with Crippen LogP contribution in [0.25, 0.3) is 0 Å². The van der Waals surface area contributed by atoms with Crippen LogP contribution in [0, 0.1) is 0 Å². The molecule has 1 rings (SSSR count). The Hall–Kier alpha value is -0.740. The van der Waals surface area contributed by atoms with Gasteiger partial charge in [0.05, 0.1) is 5.56 Å². The molecule has 0 unspecified atom stereocenters. The number of rotatable bonds is 3. The fraction of sp³-hybridized carbons (Fsp3) is 0.500. The summed E-state index contributed by atoms with van der Waals surface area (Å²) < 4.78 is 37.8. The van der Waals surface area contributed by atoms with Gasteiger partial charge in [-0.15, -0.1) is 0 Å². The SMILES string of the molecule is CNC(C)(C)Cc1cc(Cl)cc(C(F)(F)F)c1. The standard InChI is InChI=1S/C12H15ClF3N/c1-11(2,17-3)7-8-4-9(12(14,15)16)6-10(13)5-8/h4-6,17H,7H2,1-3H3. The van der Waals surface area contributed by atoms with Crippen LogP contribution in [0.1, 0.15) is 25.0 Å². The van der Waals surface area contributed by atoms with E-state index in [0.29, 0.717) is 12.0 Å². The molecule has 0 aliphatic carbocycles. The van der Waals surface area contributed by atoms with Crippen molar-refractivity contribution in [2.75, 3.05) is 7.05 Å². The maximum absolute atomic E-state index is 12.6. The molecule has 0 saturated heterocycles. The first kappa shape index (κ1) is 14.3. The third kappa shape index (κ3) is 4.21. The van der Waals surface area contributed by atoms with E-state index >= 15 is 0 Å². The summed E-state index contributed by atoms with van der Waals surface area (Å²) in [5.74, 6) is 0. The summed E-state index contributed by atoms with van der Waals surface area (Å²) in [5.41, 5.74) is -0.399. The molecular weight excluding hydrogens is 251 g/mol. The highest BCUT2D eigenvalue weighted by atomic mass is 35.5. The van der Waals surface area contributed by atoms with Crippen molar-refractivity contribution in [2.45, 2.75) is 32.0 Å². The van der Waals surface area contributed by atoms with Gasteiger partial charge in [-0.3, -0.25) is 0 Å². The molecule has 0 spiro atoms. The lowest BCUT2D eigenvalue weighted by atomic mass is 9.94. The largest absolute Gasteiger partial charge is 0.416 e. The molecule has 1 nitrogen and oxygen atoms in total. The summed E-state index contributed by atoms with van der Waals surface area (Å²) in [6, 6.07) is 3.65. The summed E-state index contributed by atoms with van der Waals surface area (Å²) >= 11 is 5.71. The first-order valence-corrected chi connectivity index (χ1v) is 5.57. The summed E-state index contributed by atoms with van der Waals surface area (Å²) in [4.78, 5) is 0. The zero-order valence-electron chi connectivity index (χ0n) is 9.95. The molecule has 0 fully saturated rings. The van der Waals surface area contributed by atoms with Crippen LogP contribution >= 0.6 is 11.6 Å². The van der Waals surface area contributed by atoms with Gasteiger partial charge >= 0.3 is 6.18 Å². The van der Waals surface area contributed by atoms with E-state index in [4.69, 9.17) is 11.6 Å². The molecule has 0 aliphatic rings. The minimum Gasteiger partial charge on any atom is -0.314 e. The molecule has 1 N–H and O–H groups in total. The monoisotopic (exact) mass is 265 g/mol. The molecule has 0 aliphatic heterocycles. The average molecular weight is 266 g/mol. The van der Waals surface area contributed by atoms with Gasteiger partial charge in [-0.05, 0) is 51.1 Å². The van der Waals surface area contributed by atoms with E-state index in [1.807, 2.05) is 13.8 Å². The Morgan fingerprint density at radius 3 is 2.24 bits per heavy atom. The number of hydrogen-bond acceptors (Lipinski definition) is 1. The van der Waals surface area contributed by atoms with Crippen molar-refractivity contribution < 1.29 is 13.2 Å². The normalized spacial score (nSPS) is 12.9. The highest BCUT2D eigenvalue weighted by Crippen LogP contribution is 2.32. The summed E-state index contributed by atoms with van der Waals surface area (Å²) in [5, 5.41) is 3.16. The second-order valence-corrected chi connectivity index (χ2v) is 5.09. The molecule has 0 heterocycles. The van der Waals surface area contributed by atoms with Crippen LogP contribution in [-0.2, 0) is 12.6 Å². The van der Waals surface area contributed by atoms with E-state index in [9.17, 15) is 13.2 Å². The van der Waals surface area contributed by atoms with Crippen LogP contribution in [0.2, 0.25) is 5.02 Å². The van der Waals surface area contributed by atoms with E-state index in [2.05, 4.69) is 5.32 Å². The first-order valence-electron chi connectivity index (χ1n) is 5.20. The number of alkyl halides is 3. The molecule has 1 aromatic rings. The zero-order chi connectivity index (χ0) is 13.3. The van der Waals surface area contributed by atoms with Crippen LogP contribution in [0.5, 0.6) is 0 Å². The van der Waals surface area contributed by atoms with Crippen molar-refractivity contribution in [3.05, 3.63) is 34.3 Å². The Balaban J connectivity index is 3.06. The number of likely N-dealkylation sites (N-methyl/N-ethyl adjacent to an activating group) is 1. The van der Waals surface area contributed by atoms with Crippen LogP contribution in [-0.4, -0.2) is 12.6 Å². The second kappa shape index (κ2) is 4.86. The number of hydrogen-bond donors (Lipinski definition) is 1. The molecule has 0 saturated carbocycles. The quantitative estimate of drug-likeness (QED) is 0.874. The van der Waals surface area contributed by atoms with Crippen molar-refractivity contribution in [3.63, 3.8) is 0 Å². The Labute approximate surface area is 104 Å². The molecule has 96 valence electrons. The molecule has 0 amide bonds. The number of nitrogens with one attached hydrogen (secondary N) is 1. The summed E-state index contributed by atoms with van der Waals surface area (Å²) in [6.07, 6.45) is -3.88. The highest BCUT2D eigenvalue weighted by Gasteiger charge is 2.31. The minimum atomic E-state index is -4.36. The van der Waals surface area contributed by atoms with E-state index in [0.717, 1.165) is 12.1 Å². The maximum Gasteiger partial charge on any atom is 0.416 e. The van der Waals surface area contributed by atoms with Gasteiger partial charge in [-0.25, -0.2) is 0 Å². The maximum atomic E-state index is 12.6. The molecule has 0 aromatic heterocycles. The molecular formula is C12H15ClF3N. The van der Waals surface area contributed by atoms with Crippen LogP contribution in [0.3, 0.4) is 0 Å². The van der Waals surface area contributed by atoms with Gasteiger partial charge in [-0.2, -0.15) is 13.2 Å². The average Bonchev–Trinajstić information content (AvgIpc) is 2.14. The fourth-order valence-electron chi connectivity index (χ4n) is 1.51. The third-order valence-electron chi connectivity index (χ3n) is 2.61. The van der Waals surface area contributed by atoms with Gasteiger partial charge in [0.1, 0.15) is 0 Å². The van der Waals surface area contributed by atoms with Crippen molar-refractivity contribution in [3.8, 4) is 0 Å². The van der Waals surface area contributed by atoms with Gasteiger partial charge in [0.15, 0.2) is 0 Å². The summed E-state index contributed by atoms with van der Waals surface area (Å²) in [7, 11) is 1.77. The lowest BCUT2D eigenvalue weighted by molar-refractivity contribution is -0.137. The smallest absolute Gasteiger partial charge is 0.314 e. The van der Waals surface area contributed by atoms with Crippen molar-refractivity contribution in [1.82, 2.24) is 5.32 Å². The topological polar surface area (TPSA) is 12.0 Å². The second-order valence-electron chi connectivity index (χ2n) is 4.66. The van der Waals surface area contributed by atoms with Gasteiger partial charge in [0.25, 0.3) is 0 Å². The Kier molecular flexibility index (Phi) is 4.10. The minimum absolute atomic E-state index is 0.113. The van der Waals surface area contributed by atoms with E-state index in [-0.39, 0.29) is 10.6 Å². The van der Waals surface area contributed by atoms with Crippen molar-refractivity contribution in [2.24, 2.45) is 0 Å². The van der Waals surface area contributed by atoms with E-state index < -0.39 is 11.7 Å². The van der Waals surface area contributed by atoms with Crippen LogP contribution in [0.15, 0.2) is 18.2 Å². The Morgan fingerprint density at radius 2 is 1.76 bits per heavy atom. The lowest BCUT2D eigenvalue weighted by Gasteiger charge is -2.24. The molecule has 0 bridgehead atoms. The molecule has 1 aromatic carbocycles. The fourth-order valence-corrected chi connectivity index (χ4v) is 1.77. The van der Waals surface area contributed by atoms with Gasteiger partial charge in [-0.1, -0.05) is 11.6 Å². The van der Waals surface area contributed by atoms with Gasteiger partial charge in [0.2, 0.25) is 0 Å². The van der Waals surface area contributed by atoms with Gasteiger partial charge < -0.3 is 5.32 Å². The van der Waals surface area contributed by atoms with Crippen molar-refractivity contribution in [1.29, 1.82) is 0 Å². The van der Waals surface area contributed by atoms with E-state index in [1.54, 1.807) is 13.1 Å². The molecule has 5 heteroatoms. The molecule has 17 heavy (non-hydrogen) atoms. The number of halogens is 4. The lowest BCUT2D eigenvalue weighted by Crippen LogP contribution is -2.38. The van der Waals surface area contributed by atoms with Gasteiger partial charge in [0, 0.05) is 10.6 Å². The summed E-state index contributed by atoms with van der Waals surface area (Å²) in [6.45, 7) is 3.84. The van der Waals surface area contributed by atoms with Crippen LogP contribution < -0.4 is 5.32 Å². The third-order valence-corrected chi connectivity index (χ3v) is 2.83. The predicted octanol–water partition coefficient (Wildman–Crippen LogP) is 3.90. The van der Waals surface area contributed by atoms with E-state index in [1.165, 1.54) is 0 Å². The molecule has 0 radical (unpaired) electrons. The Morgan fingerprint density at radius 1 is 1.18 bits per heavy atom. The number of benzene rings is 1.